The summed E-state index contributed by atoms with van der Waals surface area (Å²) < 4.78 is 58.5. The van der Waals surface area contributed by atoms with Crippen LogP contribution in [0.3, 0.4) is 0 Å². The summed E-state index contributed by atoms with van der Waals surface area (Å²) in [6.07, 6.45) is 0.979. The highest BCUT2D eigenvalue weighted by atomic mass is 32.2. The molecule has 1 rings (SSSR count). The second-order valence-corrected chi connectivity index (χ2v) is 8.32. The van der Waals surface area contributed by atoms with E-state index in [1.165, 1.54) is 6.07 Å². The Kier molecular flexibility index (Phi) is 4.33. The van der Waals surface area contributed by atoms with Crippen LogP contribution in [0, 0.1) is 5.82 Å². The fraction of sp³-hybridized carbons (Fsp3) is 0.400. The predicted octanol–water partition coefficient (Wildman–Crippen LogP) is 0.616. The fourth-order valence-electron chi connectivity index (χ4n) is 1.40. The minimum atomic E-state index is -3.77. The van der Waals surface area contributed by atoms with E-state index in [9.17, 15) is 21.2 Å². The first-order valence-electron chi connectivity index (χ1n) is 5.07. The smallest absolute Gasteiger partial charge is 0.180 e. The van der Waals surface area contributed by atoms with Gasteiger partial charge in [-0.25, -0.2) is 21.2 Å². The Morgan fingerprint density at radius 2 is 1.78 bits per heavy atom. The Labute approximate surface area is 106 Å². The van der Waals surface area contributed by atoms with Gasteiger partial charge in [0, 0.05) is 6.26 Å². The number of halogens is 1. The average molecular weight is 295 g/mol. The van der Waals surface area contributed by atoms with Gasteiger partial charge >= 0.3 is 0 Å². The molecule has 0 amide bonds. The SMILES string of the molecule is CS(=O)(=O)CCCS(=O)(=O)c1cc(F)ccc1N. The van der Waals surface area contributed by atoms with E-state index in [-0.39, 0.29) is 28.5 Å². The van der Waals surface area contributed by atoms with E-state index < -0.39 is 25.5 Å². The number of nitrogens with two attached hydrogens (primary N) is 1. The third kappa shape index (κ3) is 4.26. The Morgan fingerprint density at radius 1 is 1.17 bits per heavy atom. The number of hydrogen-bond donors (Lipinski definition) is 1. The van der Waals surface area contributed by atoms with Crippen LogP contribution in [0.1, 0.15) is 6.42 Å². The molecule has 0 radical (unpaired) electrons. The van der Waals surface area contributed by atoms with E-state index in [1.54, 1.807) is 0 Å². The zero-order chi connectivity index (χ0) is 14.0. The molecule has 0 saturated carbocycles. The van der Waals surface area contributed by atoms with Gasteiger partial charge in [-0.1, -0.05) is 0 Å². The highest BCUT2D eigenvalue weighted by Crippen LogP contribution is 2.21. The van der Waals surface area contributed by atoms with Gasteiger partial charge in [-0.05, 0) is 24.6 Å². The minimum Gasteiger partial charge on any atom is -0.398 e. The maximum atomic E-state index is 13.0. The molecule has 102 valence electrons. The van der Waals surface area contributed by atoms with Crippen LogP contribution in [0.5, 0.6) is 0 Å². The van der Waals surface area contributed by atoms with Gasteiger partial charge in [-0.3, -0.25) is 0 Å². The predicted molar refractivity (Wildman–Crippen MR) is 67.2 cm³/mol. The molecule has 0 spiro atoms. The van der Waals surface area contributed by atoms with Crippen LogP contribution in [0.2, 0.25) is 0 Å². The van der Waals surface area contributed by atoms with Crippen LogP contribution < -0.4 is 5.73 Å². The molecule has 0 aromatic heterocycles. The molecule has 5 nitrogen and oxygen atoms in total. The van der Waals surface area contributed by atoms with Crippen LogP contribution in [0.25, 0.3) is 0 Å². The number of sulfone groups is 2. The van der Waals surface area contributed by atoms with Crippen molar-refractivity contribution in [2.24, 2.45) is 0 Å². The lowest BCUT2D eigenvalue weighted by Gasteiger charge is -2.07. The zero-order valence-electron chi connectivity index (χ0n) is 9.76. The lowest BCUT2D eigenvalue weighted by atomic mass is 10.3. The highest BCUT2D eigenvalue weighted by molar-refractivity contribution is 7.92. The van der Waals surface area contributed by atoms with Crippen molar-refractivity contribution >= 4 is 25.4 Å². The molecule has 0 saturated heterocycles. The van der Waals surface area contributed by atoms with Crippen molar-refractivity contribution < 1.29 is 21.2 Å². The minimum absolute atomic E-state index is 0.0445. The lowest BCUT2D eigenvalue weighted by molar-refractivity contribution is 0.588. The summed E-state index contributed by atoms with van der Waals surface area (Å²) in [7, 11) is -6.98. The summed E-state index contributed by atoms with van der Waals surface area (Å²) in [6.45, 7) is 0. The van der Waals surface area contributed by atoms with E-state index in [0.717, 1.165) is 18.4 Å². The van der Waals surface area contributed by atoms with Crippen molar-refractivity contribution in [3.8, 4) is 0 Å². The standard InChI is InChI=1S/C10H14FNO4S2/c1-17(13,14)5-2-6-18(15,16)10-7-8(11)3-4-9(10)12/h3-4,7H,2,5-6,12H2,1H3. The Balaban J connectivity index is 2.90. The summed E-state index contributed by atoms with van der Waals surface area (Å²) in [5.74, 6) is -1.32. The summed E-state index contributed by atoms with van der Waals surface area (Å²) in [6, 6.07) is 3.06. The number of anilines is 1. The molecule has 8 heteroatoms. The molecule has 0 aliphatic rings. The van der Waals surface area contributed by atoms with Crippen molar-refractivity contribution in [1.82, 2.24) is 0 Å². The van der Waals surface area contributed by atoms with E-state index in [4.69, 9.17) is 5.73 Å². The maximum Gasteiger partial charge on any atom is 0.180 e. The van der Waals surface area contributed by atoms with Gasteiger partial charge in [0.15, 0.2) is 9.84 Å². The first kappa shape index (κ1) is 14.9. The second-order valence-electron chi connectivity index (χ2n) is 3.98. The van der Waals surface area contributed by atoms with Gasteiger partial charge in [-0.2, -0.15) is 0 Å². The molecule has 0 unspecified atom stereocenters. The van der Waals surface area contributed by atoms with Gasteiger partial charge in [0.2, 0.25) is 0 Å². The van der Waals surface area contributed by atoms with Crippen LogP contribution >= 0.6 is 0 Å². The summed E-state index contributed by atoms with van der Waals surface area (Å²) in [5.41, 5.74) is 5.42. The number of hydrogen-bond acceptors (Lipinski definition) is 5. The van der Waals surface area contributed by atoms with Crippen molar-refractivity contribution in [3.63, 3.8) is 0 Å². The molecule has 0 aliphatic heterocycles. The molecule has 0 heterocycles. The van der Waals surface area contributed by atoms with Gasteiger partial charge in [0.1, 0.15) is 15.7 Å². The molecule has 1 aromatic rings. The zero-order valence-corrected chi connectivity index (χ0v) is 11.4. The maximum absolute atomic E-state index is 13.0. The van der Waals surface area contributed by atoms with Crippen molar-refractivity contribution in [2.45, 2.75) is 11.3 Å². The Bertz CT molecular complexity index is 638. The number of rotatable bonds is 5. The summed E-state index contributed by atoms with van der Waals surface area (Å²) in [5, 5.41) is 0. The number of nitrogen functional groups attached to an aromatic ring is 1. The first-order chi connectivity index (χ1) is 8.12. The molecular formula is C10H14FNO4S2. The highest BCUT2D eigenvalue weighted by Gasteiger charge is 2.19. The third-order valence-corrected chi connectivity index (χ3v) is 5.12. The van der Waals surface area contributed by atoms with Gasteiger partial charge in [0.05, 0.1) is 22.1 Å². The van der Waals surface area contributed by atoms with E-state index >= 15 is 0 Å². The average Bonchev–Trinajstić information content (AvgIpc) is 2.19. The van der Waals surface area contributed by atoms with Crippen molar-refractivity contribution in [1.29, 1.82) is 0 Å². The molecule has 0 atom stereocenters. The number of benzene rings is 1. The van der Waals surface area contributed by atoms with E-state index in [1.807, 2.05) is 0 Å². The third-order valence-electron chi connectivity index (χ3n) is 2.24. The molecule has 0 bridgehead atoms. The van der Waals surface area contributed by atoms with Crippen LogP contribution in [0.4, 0.5) is 10.1 Å². The Hall–Kier alpha value is -1.15. The molecule has 18 heavy (non-hydrogen) atoms. The lowest BCUT2D eigenvalue weighted by Crippen LogP contribution is -2.13. The molecule has 2 N–H and O–H groups in total. The summed E-state index contributed by atoms with van der Waals surface area (Å²) >= 11 is 0. The summed E-state index contributed by atoms with van der Waals surface area (Å²) in [4.78, 5) is -0.295. The van der Waals surface area contributed by atoms with Crippen LogP contribution in [0.15, 0.2) is 23.1 Å². The molecule has 0 aliphatic carbocycles. The molecular weight excluding hydrogens is 281 g/mol. The topological polar surface area (TPSA) is 94.3 Å². The van der Waals surface area contributed by atoms with Gasteiger partial charge < -0.3 is 5.73 Å². The molecule has 0 fully saturated rings. The quantitative estimate of drug-likeness (QED) is 0.803. The van der Waals surface area contributed by atoms with E-state index in [0.29, 0.717) is 0 Å². The first-order valence-corrected chi connectivity index (χ1v) is 8.78. The monoisotopic (exact) mass is 295 g/mol. The van der Waals surface area contributed by atoms with Gasteiger partial charge in [-0.15, -0.1) is 0 Å². The largest absolute Gasteiger partial charge is 0.398 e. The van der Waals surface area contributed by atoms with Crippen molar-refractivity contribution in [2.75, 3.05) is 23.5 Å². The van der Waals surface area contributed by atoms with Crippen molar-refractivity contribution in [3.05, 3.63) is 24.0 Å². The Morgan fingerprint density at radius 3 is 2.33 bits per heavy atom. The fourth-order valence-corrected chi connectivity index (χ4v) is 3.71. The van der Waals surface area contributed by atoms with Crippen LogP contribution in [-0.4, -0.2) is 34.6 Å². The molecule has 1 aromatic carbocycles. The van der Waals surface area contributed by atoms with E-state index in [2.05, 4.69) is 0 Å². The normalized spacial score (nSPS) is 12.6. The van der Waals surface area contributed by atoms with Gasteiger partial charge in [0.25, 0.3) is 0 Å². The second kappa shape index (κ2) is 5.23. The van der Waals surface area contributed by atoms with Crippen LogP contribution in [-0.2, 0) is 19.7 Å².